The van der Waals surface area contributed by atoms with E-state index in [2.05, 4.69) is 0 Å². The van der Waals surface area contributed by atoms with Gasteiger partial charge < -0.3 is 14.4 Å². The Morgan fingerprint density at radius 3 is 2.39 bits per heavy atom. The van der Waals surface area contributed by atoms with Crippen molar-refractivity contribution in [3.63, 3.8) is 0 Å². The largest absolute Gasteiger partial charge is 0.497 e. The molecule has 2 aromatic rings. The van der Waals surface area contributed by atoms with Crippen molar-refractivity contribution in [2.24, 2.45) is 0 Å². The third kappa shape index (κ3) is 4.19. The highest BCUT2D eigenvalue weighted by atomic mass is 19.2. The standard InChI is InChI=1S/C19H18F2N2O5/c1-27-13-3-5-18(23(25)26)15(10-13)19(24)22-8-6-12(7-9-22)28-14-2-4-16(20)17(21)11-14/h2-5,10-12H,6-9H2,1H3. The van der Waals surface area contributed by atoms with Gasteiger partial charge in [-0.05, 0) is 24.3 Å². The molecule has 2 aromatic carbocycles. The Morgan fingerprint density at radius 1 is 1.11 bits per heavy atom. The summed E-state index contributed by atoms with van der Waals surface area (Å²) >= 11 is 0. The van der Waals surface area contributed by atoms with Crippen LogP contribution in [0.25, 0.3) is 0 Å². The summed E-state index contributed by atoms with van der Waals surface area (Å²) in [6.45, 7) is 0.642. The van der Waals surface area contributed by atoms with Crippen molar-refractivity contribution >= 4 is 11.6 Å². The van der Waals surface area contributed by atoms with E-state index in [0.717, 1.165) is 12.1 Å². The molecule has 1 aliphatic rings. The first-order valence-electron chi connectivity index (χ1n) is 8.62. The number of nitrogens with zero attached hydrogens (tertiary/aromatic N) is 2. The molecule has 1 saturated heterocycles. The molecule has 0 aliphatic carbocycles. The minimum atomic E-state index is -0.990. The molecule has 1 amide bonds. The van der Waals surface area contributed by atoms with Crippen LogP contribution < -0.4 is 9.47 Å². The average molecular weight is 392 g/mol. The Bertz CT molecular complexity index is 898. The Hall–Kier alpha value is -3.23. The van der Waals surface area contributed by atoms with E-state index < -0.39 is 22.5 Å². The average Bonchev–Trinajstić information content (AvgIpc) is 2.70. The van der Waals surface area contributed by atoms with Gasteiger partial charge in [0.15, 0.2) is 11.6 Å². The van der Waals surface area contributed by atoms with Crippen molar-refractivity contribution in [2.45, 2.75) is 18.9 Å². The van der Waals surface area contributed by atoms with Crippen LogP contribution in [0.5, 0.6) is 11.5 Å². The highest BCUT2D eigenvalue weighted by Crippen LogP contribution is 2.27. The van der Waals surface area contributed by atoms with Gasteiger partial charge in [0.1, 0.15) is 23.2 Å². The molecule has 1 aliphatic heterocycles. The van der Waals surface area contributed by atoms with Crippen molar-refractivity contribution < 1.29 is 28.0 Å². The lowest BCUT2D eigenvalue weighted by Gasteiger charge is -2.32. The molecule has 1 heterocycles. The summed E-state index contributed by atoms with van der Waals surface area (Å²) in [5.41, 5.74) is -0.324. The zero-order valence-corrected chi connectivity index (χ0v) is 15.1. The molecule has 3 rings (SSSR count). The summed E-state index contributed by atoms with van der Waals surface area (Å²) in [5, 5.41) is 11.2. The van der Waals surface area contributed by atoms with Gasteiger partial charge in [-0.1, -0.05) is 0 Å². The van der Waals surface area contributed by atoms with Crippen LogP contribution in [0.15, 0.2) is 36.4 Å². The summed E-state index contributed by atoms with van der Waals surface area (Å²) in [7, 11) is 1.41. The van der Waals surface area contributed by atoms with E-state index in [0.29, 0.717) is 31.7 Å². The second-order valence-corrected chi connectivity index (χ2v) is 6.33. The lowest BCUT2D eigenvalue weighted by Crippen LogP contribution is -2.42. The van der Waals surface area contributed by atoms with Crippen LogP contribution in [0, 0.1) is 21.7 Å². The first-order valence-corrected chi connectivity index (χ1v) is 8.62. The second-order valence-electron chi connectivity index (χ2n) is 6.33. The zero-order valence-electron chi connectivity index (χ0n) is 15.1. The molecular formula is C19H18F2N2O5. The predicted octanol–water partition coefficient (Wildman–Crippen LogP) is 3.57. The molecule has 0 saturated carbocycles. The van der Waals surface area contributed by atoms with Gasteiger partial charge >= 0.3 is 0 Å². The lowest BCUT2D eigenvalue weighted by atomic mass is 10.0. The van der Waals surface area contributed by atoms with E-state index in [1.807, 2.05) is 0 Å². The number of ether oxygens (including phenoxy) is 2. The first kappa shape index (κ1) is 19.5. The van der Waals surface area contributed by atoms with Crippen molar-refractivity contribution in [1.82, 2.24) is 4.90 Å². The van der Waals surface area contributed by atoms with Crippen molar-refractivity contribution in [2.75, 3.05) is 20.2 Å². The monoisotopic (exact) mass is 392 g/mol. The normalized spacial score (nSPS) is 14.6. The fourth-order valence-corrected chi connectivity index (χ4v) is 3.06. The first-order chi connectivity index (χ1) is 13.4. The molecule has 28 heavy (non-hydrogen) atoms. The number of piperidine rings is 1. The number of halogens is 2. The van der Waals surface area contributed by atoms with Crippen LogP contribution in [0.1, 0.15) is 23.2 Å². The fourth-order valence-electron chi connectivity index (χ4n) is 3.06. The van der Waals surface area contributed by atoms with Gasteiger partial charge in [0.25, 0.3) is 11.6 Å². The molecule has 0 bridgehead atoms. The number of carbonyl (C=O) groups excluding carboxylic acids is 1. The third-order valence-corrected chi connectivity index (χ3v) is 4.55. The number of methoxy groups -OCH3 is 1. The van der Waals surface area contributed by atoms with E-state index in [-0.39, 0.29) is 23.1 Å². The molecule has 7 nitrogen and oxygen atoms in total. The van der Waals surface area contributed by atoms with Crippen LogP contribution in [0.3, 0.4) is 0 Å². The van der Waals surface area contributed by atoms with E-state index in [4.69, 9.17) is 9.47 Å². The summed E-state index contributed by atoms with van der Waals surface area (Å²) in [6.07, 6.45) is 0.652. The van der Waals surface area contributed by atoms with Crippen LogP contribution >= 0.6 is 0 Å². The van der Waals surface area contributed by atoms with E-state index in [1.165, 1.54) is 36.3 Å². The third-order valence-electron chi connectivity index (χ3n) is 4.55. The Morgan fingerprint density at radius 2 is 1.79 bits per heavy atom. The van der Waals surface area contributed by atoms with E-state index >= 15 is 0 Å². The van der Waals surface area contributed by atoms with Crippen molar-refractivity contribution in [3.05, 3.63) is 63.7 Å². The number of rotatable bonds is 5. The minimum absolute atomic E-state index is 0.0377. The minimum Gasteiger partial charge on any atom is -0.497 e. The number of carbonyl (C=O) groups is 1. The number of nitro benzene ring substituents is 1. The molecule has 0 aromatic heterocycles. The predicted molar refractivity (Wildman–Crippen MR) is 95.6 cm³/mol. The molecule has 148 valence electrons. The number of likely N-dealkylation sites (tertiary alicyclic amines) is 1. The SMILES string of the molecule is COc1ccc([N+](=O)[O-])c(C(=O)N2CCC(Oc3ccc(F)c(F)c3)CC2)c1. The van der Waals surface area contributed by atoms with Gasteiger partial charge in [-0.3, -0.25) is 14.9 Å². The number of hydrogen-bond donors (Lipinski definition) is 0. The Labute approximate surface area is 159 Å². The highest BCUT2D eigenvalue weighted by Gasteiger charge is 2.29. The Kier molecular flexibility index (Phi) is 5.72. The molecular weight excluding hydrogens is 374 g/mol. The van der Waals surface area contributed by atoms with Gasteiger partial charge in [0.05, 0.1) is 12.0 Å². The fraction of sp³-hybridized carbons (Fsp3) is 0.316. The number of amides is 1. The van der Waals surface area contributed by atoms with Gasteiger partial charge in [0, 0.05) is 38.1 Å². The summed E-state index contributed by atoms with van der Waals surface area (Å²) < 4.78 is 37.0. The maximum atomic E-state index is 13.3. The number of benzene rings is 2. The van der Waals surface area contributed by atoms with Gasteiger partial charge in [-0.15, -0.1) is 0 Å². The van der Waals surface area contributed by atoms with Crippen LogP contribution in [-0.2, 0) is 0 Å². The summed E-state index contributed by atoms with van der Waals surface area (Å²) in [6, 6.07) is 7.33. The lowest BCUT2D eigenvalue weighted by molar-refractivity contribution is -0.385. The highest BCUT2D eigenvalue weighted by molar-refractivity contribution is 5.98. The molecule has 0 spiro atoms. The van der Waals surface area contributed by atoms with Crippen LogP contribution in [-0.4, -0.2) is 42.0 Å². The Balaban J connectivity index is 1.67. The van der Waals surface area contributed by atoms with Gasteiger partial charge in [-0.25, -0.2) is 8.78 Å². The molecule has 0 N–H and O–H groups in total. The molecule has 9 heteroatoms. The summed E-state index contributed by atoms with van der Waals surface area (Å²) in [4.78, 5) is 24.9. The van der Waals surface area contributed by atoms with E-state index in [9.17, 15) is 23.7 Å². The van der Waals surface area contributed by atoms with E-state index in [1.54, 1.807) is 0 Å². The van der Waals surface area contributed by atoms with Gasteiger partial charge in [0.2, 0.25) is 0 Å². The maximum absolute atomic E-state index is 13.3. The smallest absolute Gasteiger partial charge is 0.282 e. The van der Waals surface area contributed by atoms with Crippen LogP contribution in [0.4, 0.5) is 14.5 Å². The number of hydrogen-bond acceptors (Lipinski definition) is 5. The van der Waals surface area contributed by atoms with Crippen molar-refractivity contribution in [1.29, 1.82) is 0 Å². The second kappa shape index (κ2) is 8.20. The zero-order chi connectivity index (χ0) is 20.3. The molecule has 1 fully saturated rings. The number of nitro groups is 1. The van der Waals surface area contributed by atoms with Gasteiger partial charge in [-0.2, -0.15) is 0 Å². The van der Waals surface area contributed by atoms with Crippen molar-refractivity contribution in [3.8, 4) is 11.5 Å². The summed E-state index contributed by atoms with van der Waals surface area (Å²) in [5.74, 6) is -1.84. The molecule has 0 unspecified atom stereocenters. The molecule has 0 radical (unpaired) electrons. The maximum Gasteiger partial charge on any atom is 0.282 e. The molecule has 0 atom stereocenters. The topological polar surface area (TPSA) is 81.9 Å². The quantitative estimate of drug-likeness (QED) is 0.574. The van der Waals surface area contributed by atoms with Crippen LogP contribution in [0.2, 0.25) is 0 Å².